The summed E-state index contributed by atoms with van der Waals surface area (Å²) in [5, 5.41) is 4.33. The Morgan fingerprint density at radius 3 is 2.19 bits per heavy atom. The van der Waals surface area contributed by atoms with E-state index < -0.39 is 0 Å². The van der Waals surface area contributed by atoms with Crippen molar-refractivity contribution in [1.29, 1.82) is 0 Å². The molecule has 0 spiro atoms. The molecule has 21 heavy (non-hydrogen) atoms. The molecule has 1 aliphatic heterocycles. The van der Waals surface area contributed by atoms with Gasteiger partial charge in [0.25, 0.3) is 0 Å². The van der Waals surface area contributed by atoms with Crippen LogP contribution in [0.25, 0.3) is 0 Å². The first-order valence-electron chi connectivity index (χ1n) is 6.98. The molecule has 7 nitrogen and oxygen atoms in total. The van der Waals surface area contributed by atoms with E-state index in [2.05, 4.69) is 32.0 Å². The predicted molar refractivity (Wildman–Crippen MR) is 82.8 cm³/mol. The molecule has 0 amide bonds. The molecule has 2 aromatic rings. The molecule has 0 radical (unpaired) electrons. The van der Waals surface area contributed by atoms with E-state index >= 15 is 0 Å². The molecule has 0 unspecified atom stereocenters. The first-order chi connectivity index (χ1) is 10.2. The fourth-order valence-corrected chi connectivity index (χ4v) is 2.47. The fourth-order valence-electron chi connectivity index (χ4n) is 2.47. The number of nitrogen functional groups attached to an aromatic ring is 1. The van der Waals surface area contributed by atoms with Crippen molar-refractivity contribution in [1.82, 2.24) is 14.8 Å². The van der Waals surface area contributed by atoms with Gasteiger partial charge in [-0.1, -0.05) is 0 Å². The number of piperazine rings is 1. The average Bonchev–Trinajstić information content (AvgIpc) is 2.87. The number of aromatic nitrogens is 3. The second-order valence-corrected chi connectivity index (χ2v) is 5.07. The summed E-state index contributed by atoms with van der Waals surface area (Å²) in [5.74, 6) is 2.04. The van der Waals surface area contributed by atoms with Crippen molar-refractivity contribution >= 4 is 17.6 Å². The van der Waals surface area contributed by atoms with E-state index in [1.54, 1.807) is 18.8 Å². The monoisotopic (exact) mass is 288 g/mol. The molecule has 112 valence electrons. The lowest BCUT2D eigenvalue weighted by Gasteiger charge is -2.35. The largest absolute Gasteiger partial charge is 0.497 e. The molecule has 1 saturated heterocycles. The summed E-state index contributed by atoms with van der Waals surface area (Å²) in [7, 11) is 3.48. The highest BCUT2D eigenvalue weighted by atomic mass is 16.5. The summed E-state index contributed by atoms with van der Waals surface area (Å²) in [6.45, 7) is 3.64. The minimum atomic E-state index is 0.447. The van der Waals surface area contributed by atoms with Gasteiger partial charge in [-0.2, -0.15) is 4.98 Å². The third-order valence-corrected chi connectivity index (χ3v) is 3.79. The number of aryl methyl sites for hydroxylation is 1. The Bertz CT molecular complexity index is 581. The molecule has 3 rings (SSSR count). The number of methoxy groups -OCH3 is 1. The molecule has 1 fully saturated rings. The Morgan fingerprint density at radius 2 is 1.67 bits per heavy atom. The molecule has 2 heterocycles. The van der Waals surface area contributed by atoms with Gasteiger partial charge in [-0.05, 0) is 24.3 Å². The molecule has 0 bridgehead atoms. The molecule has 0 atom stereocenters. The summed E-state index contributed by atoms with van der Waals surface area (Å²) in [5.41, 5.74) is 6.95. The quantitative estimate of drug-likeness (QED) is 0.898. The van der Waals surface area contributed by atoms with Crippen LogP contribution in [0.4, 0.5) is 17.6 Å². The maximum Gasteiger partial charge on any atom is 0.246 e. The molecule has 1 aliphatic rings. The van der Waals surface area contributed by atoms with Crippen LogP contribution in [-0.4, -0.2) is 48.1 Å². The Morgan fingerprint density at radius 1 is 1.05 bits per heavy atom. The molecule has 2 N–H and O–H groups in total. The van der Waals surface area contributed by atoms with Crippen LogP contribution < -0.4 is 20.3 Å². The van der Waals surface area contributed by atoms with Crippen LogP contribution in [0.1, 0.15) is 0 Å². The smallest absolute Gasteiger partial charge is 0.246 e. The zero-order valence-corrected chi connectivity index (χ0v) is 12.4. The third kappa shape index (κ3) is 2.72. The number of rotatable bonds is 3. The number of hydrogen-bond acceptors (Lipinski definition) is 6. The van der Waals surface area contributed by atoms with Gasteiger partial charge in [-0.15, -0.1) is 5.10 Å². The van der Waals surface area contributed by atoms with Crippen LogP contribution in [0, 0.1) is 0 Å². The molecule has 1 aromatic heterocycles. The Balaban J connectivity index is 1.64. The van der Waals surface area contributed by atoms with Gasteiger partial charge >= 0.3 is 0 Å². The third-order valence-electron chi connectivity index (χ3n) is 3.79. The summed E-state index contributed by atoms with van der Waals surface area (Å²) < 4.78 is 6.79. The highest BCUT2D eigenvalue weighted by molar-refractivity contribution is 5.50. The van der Waals surface area contributed by atoms with Gasteiger partial charge in [-0.25, -0.2) is 4.68 Å². The Hall–Kier alpha value is -2.44. The van der Waals surface area contributed by atoms with E-state index in [0.717, 1.165) is 31.9 Å². The number of nitrogens with two attached hydrogens (primary N) is 1. The number of benzene rings is 1. The van der Waals surface area contributed by atoms with E-state index in [9.17, 15) is 0 Å². The summed E-state index contributed by atoms with van der Waals surface area (Å²) >= 11 is 0. The zero-order chi connectivity index (χ0) is 14.8. The Kier molecular flexibility index (Phi) is 3.55. The Labute approximate surface area is 123 Å². The first-order valence-corrected chi connectivity index (χ1v) is 6.98. The van der Waals surface area contributed by atoms with Crippen LogP contribution in [0.15, 0.2) is 24.3 Å². The van der Waals surface area contributed by atoms with E-state index in [1.807, 2.05) is 12.1 Å². The average molecular weight is 288 g/mol. The van der Waals surface area contributed by atoms with Crippen LogP contribution in [0.2, 0.25) is 0 Å². The summed E-state index contributed by atoms with van der Waals surface area (Å²) in [6.07, 6.45) is 0. The first kappa shape index (κ1) is 13.5. The molecule has 7 heteroatoms. The van der Waals surface area contributed by atoms with Crippen LogP contribution >= 0.6 is 0 Å². The maximum absolute atomic E-state index is 5.73. The zero-order valence-electron chi connectivity index (χ0n) is 12.4. The van der Waals surface area contributed by atoms with Crippen LogP contribution in [0.3, 0.4) is 0 Å². The fraction of sp³-hybridized carbons (Fsp3) is 0.429. The number of ether oxygens (including phenoxy) is 1. The van der Waals surface area contributed by atoms with Crippen molar-refractivity contribution < 1.29 is 4.74 Å². The molecular weight excluding hydrogens is 268 g/mol. The van der Waals surface area contributed by atoms with Crippen molar-refractivity contribution in [2.24, 2.45) is 7.05 Å². The van der Waals surface area contributed by atoms with Gasteiger partial charge in [0, 0.05) is 38.9 Å². The second-order valence-electron chi connectivity index (χ2n) is 5.07. The minimum absolute atomic E-state index is 0.447. The molecule has 1 aromatic carbocycles. The van der Waals surface area contributed by atoms with Gasteiger partial charge in [-0.3, -0.25) is 0 Å². The van der Waals surface area contributed by atoms with Gasteiger partial charge in [0.1, 0.15) is 5.75 Å². The lowest BCUT2D eigenvalue weighted by molar-refractivity contribution is 0.415. The van der Waals surface area contributed by atoms with Crippen LogP contribution in [-0.2, 0) is 7.05 Å². The van der Waals surface area contributed by atoms with Crippen molar-refractivity contribution in [3.63, 3.8) is 0 Å². The predicted octanol–water partition coefficient (Wildman–Crippen LogP) is 0.732. The minimum Gasteiger partial charge on any atom is -0.497 e. The van der Waals surface area contributed by atoms with E-state index in [4.69, 9.17) is 10.5 Å². The van der Waals surface area contributed by atoms with Crippen molar-refractivity contribution in [3.05, 3.63) is 24.3 Å². The second kappa shape index (κ2) is 5.51. The highest BCUT2D eigenvalue weighted by Crippen LogP contribution is 2.21. The van der Waals surface area contributed by atoms with Crippen molar-refractivity contribution in [3.8, 4) is 5.75 Å². The maximum atomic E-state index is 5.73. The highest BCUT2D eigenvalue weighted by Gasteiger charge is 2.20. The topological polar surface area (TPSA) is 72.4 Å². The van der Waals surface area contributed by atoms with E-state index in [0.29, 0.717) is 11.9 Å². The summed E-state index contributed by atoms with van der Waals surface area (Å²) in [4.78, 5) is 8.79. The van der Waals surface area contributed by atoms with Gasteiger partial charge in [0.15, 0.2) is 0 Å². The lowest BCUT2D eigenvalue weighted by atomic mass is 10.2. The van der Waals surface area contributed by atoms with Gasteiger partial charge < -0.3 is 20.3 Å². The van der Waals surface area contributed by atoms with Gasteiger partial charge in [0.05, 0.1) is 7.11 Å². The number of hydrogen-bond donors (Lipinski definition) is 1. The molecular formula is C14H20N6O. The normalized spacial score (nSPS) is 15.3. The SMILES string of the molecule is COc1ccc(N2CCN(c3nc(N)n(C)n3)CC2)cc1. The molecule has 0 aliphatic carbocycles. The standard InChI is InChI=1S/C14H20N6O/c1-18-13(15)16-14(17-18)20-9-7-19(8-10-20)11-3-5-12(21-2)6-4-11/h3-6H,7-10H2,1-2H3,(H2,15,16,17). The van der Waals surface area contributed by atoms with E-state index in [-0.39, 0.29) is 0 Å². The number of anilines is 3. The van der Waals surface area contributed by atoms with Crippen molar-refractivity contribution in [2.45, 2.75) is 0 Å². The van der Waals surface area contributed by atoms with Crippen molar-refractivity contribution in [2.75, 3.05) is 48.8 Å². The van der Waals surface area contributed by atoms with E-state index in [1.165, 1.54) is 5.69 Å². The van der Waals surface area contributed by atoms with Gasteiger partial charge in [0.2, 0.25) is 11.9 Å². The summed E-state index contributed by atoms with van der Waals surface area (Å²) in [6, 6.07) is 8.16. The molecule has 0 saturated carbocycles. The van der Waals surface area contributed by atoms with Crippen LogP contribution in [0.5, 0.6) is 5.75 Å². The number of nitrogens with zero attached hydrogens (tertiary/aromatic N) is 5. The lowest BCUT2D eigenvalue weighted by Crippen LogP contribution is -2.47.